The van der Waals surface area contributed by atoms with Crippen molar-refractivity contribution >= 4 is 33.0 Å². The minimum Gasteiger partial charge on any atom is -0.512 e. The zero-order chi connectivity index (χ0) is 33.6. The Balaban J connectivity index is 0.000000322. The Bertz CT molecular complexity index is 1820. The molecule has 0 atom stereocenters. The summed E-state index contributed by atoms with van der Waals surface area (Å²) >= 11 is 0. The summed E-state index contributed by atoms with van der Waals surface area (Å²) in [4.78, 5) is 16.6. The van der Waals surface area contributed by atoms with Gasteiger partial charge in [0.15, 0.2) is 5.78 Å². The zero-order valence-corrected chi connectivity index (χ0v) is 32.2. The number of fused-ring (bicyclic) bond motifs is 4. The van der Waals surface area contributed by atoms with Gasteiger partial charge in [0.2, 0.25) is 0 Å². The molecule has 0 saturated heterocycles. The Labute approximate surface area is 296 Å². The van der Waals surface area contributed by atoms with E-state index in [0.29, 0.717) is 5.92 Å². The number of aliphatic hydroxyl groups excluding tert-OH is 1. The average Bonchev–Trinajstić information content (AvgIpc) is 3.46. The fourth-order valence-corrected chi connectivity index (χ4v) is 6.37. The van der Waals surface area contributed by atoms with Gasteiger partial charge in [0, 0.05) is 49.7 Å². The summed E-state index contributed by atoms with van der Waals surface area (Å²) in [5.74, 6) is 2.13. The van der Waals surface area contributed by atoms with Crippen molar-refractivity contribution in [3.63, 3.8) is 0 Å². The van der Waals surface area contributed by atoms with Gasteiger partial charge < -0.3 is 9.51 Å². The largest absolute Gasteiger partial charge is 0.512 e. The molecule has 0 fully saturated rings. The van der Waals surface area contributed by atoms with Gasteiger partial charge in [-0.15, -0.1) is 29.1 Å². The van der Waals surface area contributed by atoms with Crippen LogP contribution in [-0.2, 0) is 36.7 Å². The molecule has 5 rings (SSSR count). The number of ketones is 1. The Hall–Kier alpha value is -3.27. The van der Waals surface area contributed by atoms with Gasteiger partial charge in [-0.2, -0.15) is 0 Å². The van der Waals surface area contributed by atoms with Gasteiger partial charge in [-0.25, -0.2) is 0 Å². The first-order valence-corrected chi connectivity index (χ1v) is 17.2. The number of benzene rings is 3. The van der Waals surface area contributed by atoms with Crippen molar-refractivity contribution in [3.8, 4) is 11.4 Å². The molecule has 0 spiro atoms. The first-order chi connectivity index (χ1) is 21.9. The molecule has 0 unspecified atom stereocenters. The van der Waals surface area contributed by atoms with E-state index in [1.807, 2.05) is 33.9 Å². The Morgan fingerprint density at radius 2 is 1.55 bits per heavy atom. The smallest absolute Gasteiger partial charge is 0.162 e. The Morgan fingerprint density at radius 1 is 0.915 bits per heavy atom. The van der Waals surface area contributed by atoms with E-state index in [2.05, 4.69) is 106 Å². The molecule has 2 heterocycles. The maximum absolute atomic E-state index is 11.7. The molecule has 0 aliphatic rings. The fourth-order valence-electron chi connectivity index (χ4n) is 6.37. The third-order valence-electron chi connectivity index (χ3n) is 9.11. The molecule has 0 saturated carbocycles. The third-order valence-corrected chi connectivity index (χ3v) is 9.11. The number of imidazole rings is 1. The fraction of sp³-hybridized carbons (Fsp3) is 0.429. The molecule has 1 N–H and O–H groups in total. The van der Waals surface area contributed by atoms with Crippen molar-refractivity contribution in [1.82, 2.24) is 9.38 Å². The number of carbonyl (C=O) groups is 1. The maximum atomic E-state index is 11.7. The summed E-state index contributed by atoms with van der Waals surface area (Å²) in [5.41, 5.74) is 6.10. The van der Waals surface area contributed by atoms with Crippen LogP contribution in [0.25, 0.3) is 38.6 Å². The normalized spacial score (nSPS) is 12.2. The Kier molecular flexibility index (Phi) is 13.6. The molecule has 3 aromatic carbocycles. The topological polar surface area (TPSA) is 54.6 Å². The van der Waals surface area contributed by atoms with Gasteiger partial charge in [0.25, 0.3) is 0 Å². The number of allylic oxidation sites excluding steroid dienone is 2. The summed E-state index contributed by atoms with van der Waals surface area (Å²) in [6.45, 7) is 19.4. The van der Waals surface area contributed by atoms with Gasteiger partial charge in [0.05, 0.1) is 17.1 Å². The molecule has 47 heavy (non-hydrogen) atoms. The van der Waals surface area contributed by atoms with E-state index in [0.717, 1.165) is 54.4 Å². The SMILES string of the molecule is CC(C)Cc1ccc2ccc3cnc(-c4[c-]c5ccccc5c(C(C)(C)C)c4)n3c2c1.CCC(CC)C(=O)/C=C(\O)C(CC)CC.[Ir]. The second-order valence-corrected chi connectivity index (χ2v) is 14.1. The minimum absolute atomic E-state index is 0. The molecule has 5 heteroatoms. The minimum atomic E-state index is 0. The van der Waals surface area contributed by atoms with Crippen molar-refractivity contribution < 1.29 is 30.0 Å². The van der Waals surface area contributed by atoms with Crippen LogP contribution in [0.4, 0.5) is 0 Å². The average molecular weight is 810 g/mol. The van der Waals surface area contributed by atoms with E-state index < -0.39 is 0 Å². The van der Waals surface area contributed by atoms with Gasteiger partial charge in [-0.3, -0.25) is 9.78 Å². The summed E-state index contributed by atoms with van der Waals surface area (Å²) in [5, 5.41) is 13.4. The molecular formula is C42H53IrN2O2-. The monoisotopic (exact) mass is 810 g/mol. The molecule has 5 aromatic rings. The first-order valence-electron chi connectivity index (χ1n) is 17.2. The summed E-state index contributed by atoms with van der Waals surface area (Å²) in [6.07, 6.45) is 7.96. The predicted molar refractivity (Wildman–Crippen MR) is 196 cm³/mol. The van der Waals surface area contributed by atoms with E-state index in [-0.39, 0.29) is 48.9 Å². The molecular weight excluding hydrogens is 757 g/mol. The number of hydrogen-bond donors (Lipinski definition) is 1. The van der Waals surface area contributed by atoms with Gasteiger partial charge in [0.1, 0.15) is 0 Å². The van der Waals surface area contributed by atoms with Crippen molar-refractivity contribution in [1.29, 1.82) is 0 Å². The molecule has 2 aromatic heterocycles. The number of aliphatic hydroxyl groups is 1. The van der Waals surface area contributed by atoms with Crippen LogP contribution in [0, 0.1) is 23.8 Å². The second kappa shape index (κ2) is 16.7. The molecule has 0 aliphatic carbocycles. The van der Waals surface area contributed by atoms with Gasteiger partial charge >= 0.3 is 0 Å². The van der Waals surface area contributed by atoms with E-state index in [4.69, 9.17) is 4.98 Å². The number of nitrogens with zero attached hydrogens (tertiary/aromatic N) is 2. The van der Waals surface area contributed by atoms with Crippen LogP contribution in [0.5, 0.6) is 0 Å². The zero-order valence-electron chi connectivity index (χ0n) is 29.8. The second-order valence-electron chi connectivity index (χ2n) is 14.1. The molecule has 253 valence electrons. The summed E-state index contributed by atoms with van der Waals surface area (Å²) in [7, 11) is 0. The number of pyridine rings is 1. The van der Waals surface area contributed by atoms with Crippen LogP contribution in [0.2, 0.25) is 0 Å². The van der Waals surface area contributed by atoms with E-state index >= 15 is 0 Å². The summed E-state index contributed by atoms with van der Waals surface area (Å²) in [6, 6.07) is 25.7. The third kappa shape index (κ3) is 9.00. The van der Waals surface area contributed by atoms with Crippen LogP contribution in [-0.4, -0.2) is 20.3 Å². The standard InChI is InChI=1S/C29H29N2.C13H24O2.Ir/c1-19(2)14-20-10-11-21-12-13-24-18-30-28(31(24)27(21)15-20)23-16-22-8-6-7-9-25(22)26(17-23)29(3,4)5;1-5-10(6-2)12(14)9-13(15)11(7-3)8-4;/h6-13,15,17-19H,14H2,1-5H3;9-11,14H,5-8H2,1-4H3;/q-1;;/b;12-9-;. The Morgan fingerprint density at radius 3 is 2.17 bits per heavy atom. The van der Waals surface area contributed by atoms with E-state index in [9.17, 15) is 9.90 Å². The van der Waals surface area contributed by atoms with Gasteiger partial charge in [-0.05, 0) is 66.5 Å². The maximum Gasteiger partial charge on any atom is 0.162 e. The molecule has 0 aliphatic heterocycles. The molecule has 4 nitrogen and oxygen atoms in total. The van der Waals surface area contributed by atoms with Gasteiger partial charge in [-0.1, -0.05) is 110 Å². The molecule has 1 radical (unpaired) electrons. The van der Waals surface area contributed by atoms with Crippen molar-refractivity contribution in [3.05, 3.63) is 95.9 Å². The summed E-state index contributed by atoms with van der Waals surface area (Å²) < 4.78 is 2.30. The van der Waals surface area contributed by atoms with Crippen LogP contribution in [0.1, 0.15) is 99.1 Å². The van der Waals surface area contributed by atoms with E-state index in [1.165, 1.54) is 33.5 Å². The number of carbonyl (C=O) groups excluding carboxylic acids is 1. The molecule has 0 bridgehead atoms. The van der Waals surface area contributed by atoms with Crippen molar-refractivity contribution in [2.75, 3.05) is 0 Å². The predicted octanol–water partition coefficient (Wildman–Crippen LogP) is 11.5. The number of hydrogen-bond acceptors (Lipinski definition) is 3. The first kappa shape index (κ1) is 38.2. The van der Waals surface area contributed by atoms with Crippen LogP contribution in [0.15, 0.2) is 78.7 Å². The van der Waals surface area contributed by atoms with Crippen molar-refractivity contribution in [2.45, 2.75) is 99.8 Å². The van der Waals surface area contributed by atoms with Crippen LogP contribution >= 0.6 is 0 Å². The van der Waals surface area contributed by atoms with E-state index in [1.54, 1.807) is 0 Å². The quantitative estimate of drug-likeness (QED) is 0.0868. The molecule has 0 amide bonds. The number of aromatic nitrogens is 2. The number of rotatable bonds is 10. The van der Waals surface area contributed by atoms with Crippen LogP contribution < -0.4 is 0 Å². The van der Waals surface area contributed by atoms with Crippen molar-refractivity contribution in [2.24, 2.45) is 17.8 Å². The van der Waals surface area contributed by atoms with Crippen LogP contribution in [0.3, 0.4) is 0 Å².